The Hall–Kier alpha value is -3.98. The van der Waals surface area contributed by atoms with E-state index in [2.05, 4.69) is 15.9 Å². The molecule has 0 saturated carbocycles. The van der Waals surface area contributed by atoms with Gasteiger partial charge in [0.05, 0.1) is 23.0 Å². The van der Waals surface area contributed by atoms with Crippen LogP contribution in [0.4, 0.5) is 11.4 Å². The van der Waals surface area contributed by atoms with Crippen LogP contribution in [0.1, 0.15) is 18.1 Å². The van der Waals surface area contributed by atoms with Crippen LogP contribution in [0.5, 0.6) is 11.5 Å². The smallest absolute Gasteiger partial charge is 0.270 e. The van der Waals surface area contributed by atoms with Crippen LogP contribution in [0.3, 0.4) is 0 Å². The normalized spacial score (nSPS) is 13.4. The summed E-state index contributed by atoms with van der Waals surface area (Å²) in [5, 5.41) is 0.347. The Balaban J connectivity index is 1.56. The number of hydrogen-bond acceptors (Lipinski definition) is 5. The first-order valence-corrected chi connectivity index (χ1v) is 14.3. The maximum atomic E-state index is 13.8. The molecule has 1 heterocycles. The van der Waals surface area contributed by atoms with Crippen LogP contribution >= 0.6 is 39.7 Å². The zero-order valence-electron chi connectivity index (χ0n) is 21.9. The fourth-order valence-corrected chi connectivity index (χ4v) is 5.39. The molecule has 41 heavy (non-hydrogen) atoms. The van der Waals surface area contributed by atoms with Crippen molar-refractivity contribution >= 4 is 74.1 Å². The summed E-state index contributed by atoms with van der Waals surface area (Å²) in [6, 6.07) is 29.0. The zero-order valence-corrected chi connectivity index (χ0v) is 25.1. The van der Waals surface area contributed by atoms with Gasteiger partial charge in [0, 0.05) is 10.0 Å². The predicted octanol–water partition coefficient (Wildman–Crippen LogP) is 7.83. The van der Waals surface area contributed by atoms with Gasteiger partial charge in [-0.2, -0.15) is 0 Å². The number of carbonyl (C=O) groups is 2. The van der Waals surface area contributed by atoms with Crippen molar-refractivity contribution in [3.63, 3.8) is 0 Å². The molecule has 4 aromatic carbocycles. The van der Waals surface area contributed by atoms with Crippen molar-refractivity contribution in [2.24, 2.45) is 0 Å². The Morgan fingerprint density at radius 1 is 0.829 bits per heavy atom. The summed E-state index contributed by atoms with van der Waals surface area (Å²) in [5.41, 5.74) is 2.45. The second kappa shape index (κ2) is 12.7. The van der Waals surface area contributed by atoms with Crippen molar-refractivity contribution in [2.75, 3.05) is 16.4 Å². The van der Waals surface area contributed by atoms with Gasteiger partial charge in [-0.3, -0.25) is 19.4 Å². The molecular weight excluding hydrogens is 624 g/mol. The Labute approximate surface area is 256 Å². The van der Waals surface area contributed by atoms with Crippen LogP contribution in [0.15, 0.2) is 107 Å². The maximum Gasteiger partial charge on any atom is 0.270 e. The van der Waals surface area contributed by atoms with Gasteiger partial charge in [-0.1, -0.05) is 82.1 Å². The summed E-state index contributed by atoms with van der Waals surface area (Å²) in [6.45, 7) is 2.47. The molecule has 6 nitrogen and oxygen atoms in total. The molecule has 0 spiro atoms. The highest BCUT2D eigenvalue weighted by Gasteiger charge is 2.41. The van der Waals surface area contributed by atoms with E-state index in [1.807, 2.05) is 43.3 Å². The lowest BCUT2D eigenvalue weighted by Crippen LogP contribution is -2.56. The van der Waals surface area contributed by atoms with Crippen LogP contribution in [0.2, 0.25) is 5.02 Å². The third-order valence-electron chi connectivity index (χ3n) is 6.25. The summed E-state index contributed by atoms with van der Waals surface area (Å²) >= 11 is 15.9. The van der Waals surface area contributed by atoms with Gasteiger partial charge in [0.25, 0.3) is 11.8 Å². The second-order valence-electron chi connectivity index (χ2n) is 8.94. The van der Waals surface area contributed by atoms with Gasteiger partial charge in [0.2, 0.25) is 0 Å². The predicted molar refractivity (Wildman–Crippen MR) is 170 cm³/mol. The van der Waals surface area contributed by atoms with Crippen molar-refractivity contribution in [3.8, 4) is 11.5 Å². The number of nitrogens with zero attached hydrogens (tertiary/aromatic N) is 2. The average molecular weight is 648 g/mol. The van der Waals surface area contributed by atoms with E-state index in [1.54, 1.807) is 60.7 Å². The fourth-order valence-electron chi connectivity index (χ4n) is 4.35. The minimum absolute atomic E-state index is 0.0680. The standard InChI is InChI=1S/C32H24BrClN2O4S/c1-2-39-28-19-21(18-27(34)29(28)40-20-22-11-9-10-16-26(22)33)17-25-30(37)35(23-12-5-3-6-13-23)32(41)36(31(25)38)24-14-7-4-8-15-24/h3-19H,2,20H2,1H3. The summed E-state index contributed by atoms with van der Waals surface area (Å²) in [5.74, 6) is -0.320. The molecule has 0 bridgehead atoms. The van der Waals surface area contributed by atoms with E-state index in [4.69, 9.17) is 33.3 Å². The summed E-state index contributed by atoms with van der Waals surface area (Å²) in [6.07, 6.45) is 1.50. The van der Waals surface area contributed by atoms with E-state index in [-0.39, 0.29) is 22.3 Å². The van der Waals surface area contributed by atoms with E-state index in [0.717, 1.165) is 10.0 Å². The molecule has 0 aromatic heterocycles. The molecule has 0 aliphatic carbocycles. The third-order valence-corrected chi connectivity index (χ3v) is 7.67. The van der Waals surface area contributed by atoms with Crippen molar-refractivity contribution in [3.05, 3.63) is 123 Å². The van der Waals surface area contributed by atoms with Crippen LogP contribution in [0, 0.1) is 0 Å². The maximum absolute atomic E-state index is 13.8. The van der Waals surface area contributed by atoms with E-state index in [0.29, 0.717) is 35.0 Å². The van der Waals surface area contributed by atoms with Crippen LogP contribution < -0.4 is 19.3 Å². The van der Waals surface area contributed by atoms with Crippen LogP contribution in [-0.4, -0.2) is 23.5 Å². The number of rotatable bonds is 8. The van der Waals surface area contributed by atoms with Gasteiger partial charge in [0.15, 0.2) is 16.6 Å². The van der Waals surface area contributed by atoms with Gasteiger partial charge in [-0.15, -0.1) is 0 Å². The zero-order chi connectivity index (χ0) is 28.9. The number of anilines is 2. The minimum Gasteiger partial charge on any atom is -0.490 e. The Kier molecular flexibility index (Phi) is 8.83. The lowest BCUT2D eigenvalue weighted by Gasteiger charge is -2.36. The van der Waals surface area contributed by atoms with E-state index >= 15 is 0 Å². The summed E-state index contributed by atoms with van der Waals surface area (Å²) in [7, 11) is 0. The molecule has 5 rings (SSSR count). The van der Waals surface area contributed by atoms with Crippen molar-refractivity contribution in [2.45, 2.75) is 13.5 Å². The number of hydrogen-bond donors (Lipinski definition) is 0. The molecule has 0 N–H and O–H groups in total. The molecule has 9 heteroatoms. The summed E-state index contributed by atoms with van der Waals surface area (Å²) < 4.78 is 12.8. The number of halogens is 2. The quantitative estimate of drug-likeness (QED) is 0.111. The lowest BCUT2D eigenvalue weighted by molar-refractivity contribution is -0.120. The Morgan fingerprint density at radius 3 is 1.95 bits per heavy atom. The number of thiocarbonyl (C=S) groups is 1. The minimum atomic E-state index is -0.540. The third kappa shape index (κ3) is 6.05. The molecule has 0 unspecified atom stereocenters. The molecule has 0 radical (unpaired) electrons. The summed E-state index contributed by atoms with van der Waals surface area (Å²) in [4.78, 5) is 30.3. The number of benzene rings is 4. The molecule has 0 atom stereocenters. The fraction of sp³-hybridized carbons (Fsp3) is 0.0938. The van der Waals surface area contributed by atoms with Gasteiger partial charge >= 0.3 is 0 Å². The molecule has 4 aromatic rings. The highest BCUT2D eigenvalue weighted by atomic mass is 79.9. The highest BCUT2D eigenvalue weighted by molar-refractivity contribution is 9.10. The first-order valence-electron chi connectivity index (χ1n) is 12.8. The Bertz CT molecular complexity index is 1580. The second-order valence-corrected chi connectivity index (χ2v) is 10.6. The number of amides is 2. The molecule has 2 amide bonds. The van der Waals surface area contributed by atoms with Crippen LogP contribution in [0.25, 0.3) is 6.08 Å². The van der Waals surface area contributed by atoms with Crippen molar-refractivity contribution in [1.82, 2.24) is 0 Å². The topological polar surface area (TPSA) is 59.1 Å². The van der Waals surface area contributed by atoms with Gasteiger partial charge in [-0.25, -0.2) is 0 Å². The first kappa shape index (κ1) is 28.5. The SMILES string of the molecule is CCOc1cc(C=C2C(=O)N(c3ccccc3)C(=S)N(c3ccccc3)C2=O)cc(Cl)c1OCc1ccccc1Br. The van der Waals surface area contributed by atoms with Gasteiger partial charge in [0.1, 0.15) is 12.2 Å². The molecule has 1 fully saturated rings. The molecule has 1 saturated heterocycles. The molecule has 1 aliphatic rings. The van der Waals surface area contributed by atoms with Gasteiger partial charge < -0.3 is 9.47 Å². The van der Waals surface area contributed by atoms with Crippen LogP contribution in [-0.2, 0) is 16.2 Å². The number of carbonyl (C=O) groups excluding carboxylic acids is 2. The highest BCUT2D eigenvalue weighted by Crippen LogP contribution is 2.39. The lowest BCUT2D eigenvalue weighted by atomic mass is 10.0. The largest absolute Gasteiger partial charge is 0.490 e. The molecule has 1 aliphatic heterocycles. The molecular formula is C32H24BrClN2O4S. The van der Waals surface area contributed by atoms with E-state index in [9.17, 15) is 9.59 Å². The average Bonchev–Trinajstić information content (AvgIpc) is 2.97. The van der Waals surface area contributed by atoms with Gasteiger partial charge in [-0.05, 0) is 73.2 Å². The molecule has 206 valence electrons. The Morgan fingerprint density at radius 2 is 1.39 bits per heavy atom. The van der Waals surface area contributed by atoms with E-state index in [1.165, 1.54) is 15.9 Å². The number of para-hydroxylation sites is 2. The van der Waals surface area contributed by atoms with Crippen molar-refractivity contribution < 1.29 is 19.1 Å². The van der Waals surface area contributed by atoms with Crippen molar-refractivity contribution in [1.29, 1.82) is 0 Å². The number of ether oxygens (including phenoxy) is 2. The van der Waals surface area contributed by atoms with E-state index < -0.39 is 11.8 Å². The monoisotopic (exact) mass is 646 g/mol. The first-order chi connectivity index (χ1) is 19.9.